The molecule has 0 radical (unpaired) electrons. The third kappa shape index (κ3) is 3.36. The summed E-state index contributed by atoms with van der Waals surface area (Å²) >= 11 is 0. The number of ether oxygens (including phenoxy) is 1. The number of piperazine rings is 1. The van der Waals surface area contributed by atoms with Gasteiger partial charge in [0.05, 0.1) is 0 Å². The molecule has 0 aliphatic carbocycles. The van der Waals surface area contributed by atoms with E-state index >= 15 is 0 Å². The highest BCUT2D eigenvalue weighted by Gasteiger charge is 2.38. The van der Waals surface area contributed by atoms with Gasteiger partial charge < -0.3 is 20.3 Å². The number of carbonyl (C=O) groups excluding carboxylic acids is 1. The van der Waals surface area contributed by atoms with E-state index < -0.39 is 5.60 Å². The van der Waals surface area contributed by atoms with E-state index in [1.165, 1.54) is 0 Å². The Morgan fingerprint density at radius 3 is 2.50 bits per heavy atom. The summed E-state index contributed by atoms with van der Waals surface area (Å²) in [5.74, 6) is 0. The molecule has 104 valence electrons. The summed E-state index contributed by atoms with van der Waals surface area (Å²) in [5, 5.41) is 6.96. The standard InChI is InChI=1S/C13H25N3O2/c1-12(2,3)18-11(17)16-9-8-15-13(10-16)4-6-14-7-5-13/h14-15H,4-10H2,1-3H3. The molecule has 0 aromatic rings. The minimum Gasteiger partial charge on any atom is -0.444 e. The highest BCUT2D eigenvalue weighted by atomic mass is 16.6. The van der Waals surface area contributed by atoms with Gasteiger partial charge in [-0.25, -0.2) is 4.79 Å². The predicted octanol–water partition coefficient (Wildman–Crippen LogP) is 0.949. The average molecular weight is 255 g/mol. The Bertz CT molecular complexity index is 300. The van der Waals surface area contributed by atoms with E-state index in [1.807, 2.05) is 25.7 Å². The van der Waals surface area contributed by atoms with Crippen molar-refractivity contribution in [2.45, 2.75) is 44.8 Å². The Morgan fingerprint density at radius 2 is 1.89 bits per heavy atom. The summed E-state index contributed by atoms with van der Waals surface area (Å²) in [4.78, 5) is 14.0. The van der Waals surface area contributed by atoms with Crippen molar-refractivity contribution in [2.75, 3.05) is 32.7 Å². The fourth-order valence-corrected chi connectivity index (χ4v) is 2.68. The number of hydrogen-bond acceptors (Lipinski definition) is 4. The third-order valence-electron chi connectivity index (χ3n) is 3.59. The van der Waals surface area contributed by atoms with Gasteiger partial charge in [0.2, 0.25) is 0 Å². The van der Waals surface area contributed by atoms with Gasteiger partial charge in [-0.1, -0.05) is 0 Å². The second-order valence-corrected chi connectivity index (χ2v) is 6.36. The topological polar surface area (TPSA) is 53.6 Å². The monoisotopic (exact) mass is 255 g/mol. The van der Waals surface area contributed by atoms with E-state index in [4.69, 9.17) is 4.74 Å². The molecule has 2 rings (SSSR count). The zero-order chi connectivity index (χ0) is 13.2. The molecular weight excluding hydrogens is 230 g/mol. The molecule has 2 heterocycles. The van der Waals surface area contributed by atoms with Crippen LogP contribution in [0.4, 0.5) is 4.79 Å². The smallest absolute Gasteiger partial charge is 0.410 e. The van der Waals surface area contributed by atoms with Crippen LogP contribution >= 0.6 is 0 Å². The Labute approximate surface area is 109 Å². The summed E-state index contributed by atoms with van der Waals surface area (Å²) in [5.41, 5.74) is -0.316. The molecule has 5 heteroatoms. The maximum absolute atomic E-state index is 12.1. The van der Waals surface area contributed by atoms with Crippen LogP contribution in [0.5, 0.6) is 0 Å². The lowest BCUT2D eigenvalue weighted by atomic mass is 9.86. The Kier molecular flexibility index (Phi) is 3.82. The third-order valence-corrected chi connectivity index (χ3v) is 3.59. The zero-order valence-electron chi connectivity index (χ0n) is 11.7. The van der Waals surface area contributed by atoms with Crippen molar-refractivity contribution in [2.24, 2.45) is 0 Å². The molecule has 18 heavy (non-hydrogen) atoms. The molecule has 5 nitrogen and oxygen atoms in total. The lowest BCUT2D eigenvalue weighted by molar-refractivity contribution is 0.00912. The second-order valence-electron chi connectivity index (χ2n) is 6.36. The van der Waals surface area contributed by atoms with Crippen LogP contribution in [-0.4, -0.2) is 54.9 Å². The van der Waals surface area contributed by atoms with Crippen molar-refractivity contribution in [1.82, 2.24) is 15.5 Å². The number of piperidine rings is 1. The largest absolute Gasteiger partial charge is 0.444 e. The first-order chi connectivity index (χ1) is 8.40. The Hall–Kier alpha value is -0.810. The predicted molar refractivity (Wildman–Crippen MR) is 70.6 cm³/mol. The average Bonchev–Trinajstić information content (AvgIpc) is 2.28. The molecule has 0 aromatic heterocycles. The molecule has 0 bridgehead atoms. The van der Waals surface area contributed by atoms with Gasteiger partial charge in [-0.3, -0.25) is 0 Å². The Morgan fingerprint density at radius 1 is 1.22 bits per heavy atom. The fraction of sp³-hybridized carbons (Fsp3) is 0.923. The molecule has 2 saturated heterocycles. The summed E-state index contributed by atoms with van der Waals surface area (Å²) in [6.07, 6.45) is 1.97. The highest BCUT2D eigenvalue weighted by Crippen LogP contribution is 2.23. The van der Waals surface area contributed by atoms with Gasteiger partial charge in [-0.15, -0.1) is 0 Å². The molecule has 2 fully saturated rings. The van der Waals surface area contributed by atoms with Crippen LogP contribution in [0.15, 0.2) is 0 Å². The van der Waals surface area contributed by atoms with Gasteiger partial charge in [0, 0.05) is 25.2 Å². The summed E-state index contributed by atoms with van der Waals surface area (Å²) in [7, 11) is 0. The molecule has 2 N–H and O–H groups in total. The quantitative estimate of drug-likeness (QED) is 0.676. The summed E-state index contributed by atoms with van der Waals surface area (Å²) in [6.45, 7) is 10.1. The van der Waals surface area contributed by atoms with Crippen molar-refractivity contribution in [3.8, 4) is 0 Å². The van der Waals surface area contributed by atoms with E-state index in [9.17, 15) is 4.79 Å². The number of rotatable bonds is 0. The van der Waals surface area contributed by atoms with Crippen LogP contribution in [0.25, 0.3) is 0 Å². The normalized spacial score (nSPS) is 24.1. The number of amides is 1. The summed E-state index contributed by atoms with van der Waals surface area (Å²) < 4.78 is 5.45. The van der Waals surface area contributed by atoms with E-state index in [0.717, 1.165) is 45.6 Å². The molecule has 0 saturated carbocycles. The van der Waals surface area contributed by atoms with Gasteiger partial charge >= 0.3 is 6.09 Å². The van der Waals surface area contributed by atoms with Gasteiger partial charge in [0.1, 0.15) is 5.60 Å². The lowest BCUT2D eigenvalue weighted by Gasteiger charge is -2.46. The van der Waals surface area contributed by atoms with E-state index in [1.54, 1.807) is 0 Å². The van der Waals surface area contributed by atoms with Gasteiger partial charge in [0.15, 0.2) is 0 Å². The van der Waals surface area contributed by atoms with Gasteiger partial charge in [-0.05, 0) is 46.7 Å². The van der Waals surface area contributed by atoms with Crippen molar-refractivity contribution >= 4 is 6.09 Å². The molecule has 2 aliphatic rings. The number of carbonyl (C=O) groups is 1. The highest BCUT2D eigenvalue weighted by molar-refractivity contribution is 5.68. The minimum absolute atomic E-state index is 0.0976. The number of hydrogen-bond donors (Lipinski definition) is 2. The first kappa shape index (κ1) is 13.6. The first-order valence-corrected chi connectivity index (χ1v) is 6.84. The second kappa shape index (κ2) is 5.05. The van der Waals surface area contributed by atoms with Crippen molar-refractivity contribution in [3.63, 3.8) is 0 Å². The van der Waals surface area contributed by atoms with E-state index in [0.29, 0.717) is 0 Å². The Balaban J connectivity index is 1.95. The molecule has 0 unspecified atom stereocenters. The minimum atomic E-state index is -0.413. The first-order valence-electron chi connectivity index (χ1n) is 6.84. The van der Waals surface area contributed by atoms with Crippen LogP contribution in [0.1, 0.15) is 33.6 Å². The van der Waals surface area contributed by atoms with Crippen LogP contribution < -0.4 is 10.6 Å². The number of nitrogens with one attached hydrogen (secondary N) is 2. The maximum atomic E-state index is 12.1. The molecule has 1 amide bonds. The van der Waals surface area contributed by atoms with Crippen LogP contribution in [0, 0.1) is 0 Å². The molecule has 0 atom stereocenters. The van der Waals surface area contributed by atoms with Crippen LogP contribution in [0.2, 0.25) is 0 Å². The molecule has 2 aliphatic heterocycles. The van der Waals surface area contributed by atoms with Crippen LogP contribution in [0.3, 0.4) is 0 Å². The maximum Gasteiger partial charge on any atom is 0.410 e. The fourth-order valence-electron chi connectivity index (χ4n) is 2.68. The van der Waals surface area contributed by atoms with E-state index in [-0.39, 0.29) is 11.6 Å². The van der Waals surface area contributed by atoms with Crippen molar-refractivity contribution in [1.29, 1.82) is 0 Å². The van der Waals surface area contributed by atoms with Crippen molar-refractivity contribution < 1.29 is 9.53 Å². The SMILES string of the molecule is CC(C)(C)OC(=O)N1CCNC2(CCNCC2)C1. The number of nitrogens with zero attached hydrogens (tertiary/aromatic N) is 1. The van der Waals surface area contributed by atoms with Crippen LogP contribution in [-0.2, 0) is 4.74 Å². The van der Waals surface area contributed by atoms with E-state index in [2.05, 4.69) is 10.6 Å². The van der Waals surface area contributed by atoms with Gasteiger partial charge in [0.25, 0.3) is 0 Å². The van der Waals surface area contributed by atoms with Crippen molar-refractivity contribution in [3.05, 3.63) is 0 Å². The zero-order valence-corrected chi connectivity index (χ0v) is 11.7. The molecular formula is C13H25N3O2. The molecule has 0 aromatic carbocycles. The molecule has 1 spiro atoms. The van der Waals surface area contributed by atoms with Gasteiger partial charge in [-0.2, -0.15) is 0 Å². The summed E-state index contributed by atoms with van der Waals surface area (Å²) in [6, 6.07) is 0. The lowest BCUT2D eigenvalue weighted by Crippen LogP contribution is -2.64.